The number of pyridine rings is 1. The summed E-state index contributed by atoms with van der Waals surface area (Å²) in [5.41, 5.74) is 1.19. The van der Waals surface area contributed by atoms with Crippen LogP contribution in [0.1, 0.15) is 32.9 Å². The Morgan fingerprint density at radius 3 is 2.56 bits per heavy atom. The van der Waals surface area contributed by atoms with Gasteiger partial charge < -0.3 is 4.90 Å². The molecule has 0 N–H and O–H groups in total. The lowest BCUT2D eigenvalue weighted by Crippen LogP contribution is -2.32. The van der Waals surface area contributed by atoms with E-state index >= 15 is 0 Å². The molecule has 0 spiro atoms. The van der Waals surface area contributed by atoms with Crippen LogP contribution in [0.2, 0.25) is 0 Å². The van der Waals surface area contributed by atoms with E-state index < -0.39 is 0 Å². The zero-order chi connectivity index (χ0) is 12.0. The van der Waals surface area contributed by atoms with Gasteiger partial charge in [0.1, 0.15) is 0 Å². The molecule has 0 aromatic carbocycles. The van der Waals surface area contributed by atoms with Gasteiger partial charge >= 0.3 is 0 Å². The highest BCUT2D eigenvalue weighted by Crippen LogP contribution is 2.09. The fourth-order valence-electron chi connectivity index (χ4n) is 1.92. The highest BCUT2D eigenvalue weighted by atomic mass is 15.1. The average molecular weight is 220 g/mol. The SMILES string of the molecule is CC(C)CC(C)N(C)CCc1ccccn1. The van der Waals surface area contributed by atoms with Crippen LogP contribution in [0.4, 0.5) is 0 Å². The zero-order valence-electron chi connectivity index (χ0n) is 11.0. The normalized spacial score (nSPS) is 13.4. The van der Waals surface area contributed by atoms with Crippen LogP contribution in [0.15, 0.2) is 24.4 Å². The second kappa shape index (κ2) is 6.64. The summed E-state index contributed by atoms with van der Waals surface area (Å²) < 4.78 is 0. The number of hydrogen-bond acceptors (Lipinski definition) is 2. The molecule has 90 valence electrons. The van der Waals surface area contributed by atoms with Crippen molar-refractivity contribution in [2.75, 3.05) is 13.6 Å². The van der Waals surface area contributed by atoms with E-state index in [9.17, 15) is 0 Å². The topological polar surface area (TPSA) is 16.1 Å². The van der Waals surface area contributed by atoms with E-state index in [4.69, 9.17) is 0 Å². The average Bonchev–Trinajstić information content (AvgIpc) is 2.26. The molecule has 0 aliphatic rings. The standard InChI is InChI=1S/C14H24N2/c1-12(2)11-13(3)16(4)10-8-14-7-5-6-9-15-14/h5-7,9,12-13H,8,10-11H2,1-4H3. The fourth-order valence-corrected chi connectivity index (χ4v) is 1.92. The molecule has 2 nitrogen and oxygen atoms in total. The molecule has 2 heteroatoms. The summed E-state index contributed by atoms with van der Waals surface area (Å²) in [6.45, 7) is 7.95. The van der Waals surface area contributed by atoms with Crippen LogP contribution < -0.4 is 0 Å². The van der Waals surface area contributed by atoms with E-state index in [-0.39, 0.29) is 0 Å². The summed E-state index contributed by atoms with van der Waals surface area (Å²) >= 11 is 0. The van der Waals surface area contributed by atoms with Gasteiger partial charge in [0.05, 0.1) is 0 Å². The third kappa shape index (κ3) is 4.75. The molecule has 0 fully saturated rings. The molecule has 0 radical (unpaired) electrons. The Bertz CT molecular complexity index is 282. The van der Waals surface area contributed by atoms with E-state index in [1.54, 1.807) is 0 Å². The first-order valence-electron chi connectivity index (χ1n) is 6.19. The van der Waals surface area contributed by atoms with Gasteiger partial charge in [-0.2, -0.15) is 0 Å². The third-order valence-corrected chi connectivity index (χ3v) is 3.01. The Morgan fingerprint density at radius 1 is 1.25 bits per heavy atom. The molecule has 1 rings (SSSR count). The van der Waals surface area contributed by atoms with Crippen molar-refractivity contribution < 1.29 is 0 Å². The number of likely N-dealkylation sites (N-methyl/N-ethyl adjacent to an activating group) is 1. The van der Waals surface area contributed by atoms with Crippen LogP contribution in [0, 0.1) is 5.92 Å². The van der Waals surface area contributed by atoms with Crippen LogP contribution in [-0.2, 0) is 6.42 Å². The van der Waals surface area contributed by atoms with Crippen molar-refractivity contribution in [2.24, 2.45) is 5.92 Å². The van der Waals surface area contributed by atoms with Gasteiger partial charge in [0.2, 0.25) is 0 Å². The molecular formula is C14H24N2. The molecule has 1 unspecified atom stereocenters. The second-order valence-corrected chi connectivity index (χ2v) is 5.03. The quantitative estimate of drug-likeness (QED) is 0.732. The van der Waals surface area contributed by atoms with Gasteiger partial charge in [-0.15, -0.1) is 0 Å². The monoisotopic (exact) mass is 220 g/mol. The highest BCUT2D eigenvalue weighted by Gasteiger charge is 2.10. The molecule has 16 heavy (non-hydrogen) atoms. The molecule has 0 saturated heterocycles. The Labute approximate surface area is 99.7 Å². The first kappa shape index (κ1) is 13.2. The Hall–Kier alpha value is -0.890. The molecule has 1 aromatic rings. The largest absolute Gasteiger partial charge is 0.303 e. The lowest BCUT2D eigenvalue weighted by Gasteiger charge is -2.25. The summed E-state index contributed by atoms with van der Waals surface area (Å²) in [7, 11) is 2.20. The van der Waals surface area contributed by atoms with E-state index in [0.29, 0.717) is 6.04 Å². The maximum atomic E-state index is 4.34. The van der Waals surface area contributed by atoms with Gasteiger partial charge in [0.15, 0.2) is 0 Å². The number of nitrogens with zero attached hydrogens (tertiary/aromatic N) is 2. The molecule has 1 atom stereocenters. The molecule has 0 aliphatic heterocycles. The molecule has 0 bridgehead atoms. The van der Waals surface area contributed by atoms with Crippen molar-refractivity contribution in [3.8, 4) is 0 Å². The van der Waals surface area contributed by atoms with Gasteiger partial charge in [-0.05, 0) is 38.4 Å². The fraction of sp³-hybridized carbons (Fsp3) is 0.643. The lowest BCUT2D eigenvalue weighted by atomic mass is 10.0. The summed E-state index contributed by atoms with van der Waals surface area (Å²) in [6.07, 6.45) is 4.17. The number of rotatable bonds is 6. The van der Waals surface area contributed by atoms with E-state index in [2.05, 4.69) is 49.8 Å². The van der Waals surface area contributed by atoms with Crippen molar-refractivity contribution in [2.45, 2.75) is 39.7 Å². The van der Waals surface area contributed by atoms with Crippen molar-refractivity contribution in [1.29, 1.82) is 0 Å². The van der Waals surface area contributed by atoms with Crippen LogP contribution in [0.5, 0.6) is 0 Å². The van der Waals surface area contributed by atoms with E-state index in [1.807, 2.05) is 12.3 Å². The Balaban J connectivity index is 2.32. The van der Waals surface area contributed by atoms with Gasteiger partial charge in [-0.3, -0.25) is 4.98 Å². The van der Waals surface area contributed by atoms with Crippen molar-refractivity contribution in [3.63, 3.8) is 0 Å². The first-order valence-corrected chi connectivity index (χ1v) is 6.19. The van der Waals surface area contributed by atoms with Gasteiger partial charge in [-0.1, -0.05) is 19.9 Å². The van der Waals surface area contributed by atoms with Crippen LogP contribution >= 0.6 is 0 Å². The van der Waals surface area contributed by atoms with Crippen molar-refractivity contribution >= 4 is 0 Å². The molecule has 1 aromatic heterocycles. The third-order valence-electron chi connectivity index (χ3n) is 3.01. The maximum Gasteiger partial charge on any atom is 0.0416 e. The summed E-state index contributed by atoms with van der Waals surface area (Å²) in [6, 6.07) is 6.78. The predicted molar refractivity (Wildman–Crippen MR) is 69.5 cm³/mol. The molecule has 0 amide bonds. The minimum atomic E-state index is 0.656. The van der Waals surface area contributed by atoms with Crippen LogP contribution in [0.25, 0.3) is 0 Å². The minimum absolute atomic E-state index is 0.656. The van der Waals surface area contributed by atoms with Crippen LogP contribution in [-0.4, -0.2) is 29.5 Å². The molecule has 0 saturated carbocycles. The molecular weight excluding hydrogens is 196 g/mol. The van der Waals surface area contributed by atoms with Gasteiger partial charge in [0.25, 0.3) is 0 Å². The molecule has 1 heterocycles. The smallest absolute Gasteiger partial charge is 0.0416 e. The summed E-state index contributed by atoms with van der Waals surface area (Å²) in [5, 5.41) is 0. The van der Waals surface area contributed by atoms with Crippen LogP contribution in [0.3, 0.4) is 0 Å². The summed E-state index contributed by atoms with van der Waals surface area (Å²) in [4.78, 5) is 6.77. The second-order valence-electron chi connectivity index (χ2n) is 5.03. The highest BCUT2D eigenvalue weighted by molar-refractivity contribution is 5.03. The van der Waals surface area contributed by atoms with Gasteiger partial charge in [0, 0.05) is 30.9 Å². The number of aromatic nitrogens is 1. The maximum absolute atomic E-state index is 4.34. The van der Waals surface area contributed by atoms with E-state index in [1.165, 1.54) is 12.1 Å². The Kier molecular flexibility index (Phi) is 5.47. The number of hydrogen-bond donors (Lipinski definition) is 0. The lowest BCUT2D eigenvalue weighted by molar-refractivity contribution is 0.230. The zero-order valence-corrected chi connectivity index (χ0v) is 11.0. The first-order chi connectivity index (χ1) is 7.59. The predicted octanol–water partition coefficient (Wildman–Crippen LogP) is 2.99. The van der Waals surface area contributed by atoms with Crippen molar-refractivity contribution in [3.05, 3.63) is 30.1 Å². The van der Waals surface area contributed by atoms with Crippen molar-refractivity contribution in [1.82, 2.24) is 9.88 Å². The summed E-state index contributed by atoms with van der Waals surface area (Å²) in [5.74, 6) is 0.771. The van der Waals surface area contributed by atoms with Gasteiger partial charge in [-0.25, -0.2) is 0 Å². The minimum Gasteiger partial charge on any atom is -0.303 e. The van der Waals surface area contributed by atoms with E-state index in [0.717, 1.165) is 18.9 Å². The molecule has 0 aliphatic carbocycles. The Morgan fingerprint density at radius 2 is 2.00 bits per heavy atom.